The summed E-state index contributed by atoms with van der Waals surface area (Å²) in [7, 11) is 0. The smallest absolute Gasteiger partial charge is 0.294 e. The molecule has 0 amide bonds. The molecule has 0 unspecified atom stereocenters. The van der Waals surface area contributed by atoms with Gasteiger partial charge in [0.2, 0.25) is 5.82 Å². The normalized spacial score (nSPS) is 15.5. The van der Waals surface area contributed by atoms with Crippen molar-refractivity contribution in [3.8, 4) is 0 Å². The van der Waals surface area contributed by atoms with Crippen LogP contribution in [-0.2, 0) is 25.7 Å². The van der Waals surface area contributed by atoms with Crippen molar-refractivity contribution in [2.75, 3.05) is 12.8 Å². The molecule has 3 rings (SSSR count). The number of hydrogen-bond donors (Lipinski definition) is 0. The lowest BCUT2D eigenvalue weighted by atomic mass is 10.1. The maximum Gasteiger partial charge on any atom is 0.451 e. The topological polar surface area (TPSA) is 29.0 Å². The summed E-state index contributed by atoms with van der Waals surface area (Å²) in [5.41, 5.74) is 2.53. The molecule has 1 aliphatic rings. The molecular weight excluding hydrogens is 323 g/mol. The predicted octanol–water partition coefficient (Wildman–Crippen LogP) is 3.78. The molecule has 2 aromatic rings. The average molecular weight is 339 g/mol. The van der Waals surface area contributed by atoms with Crippen LogP contribution in [0, 0.1) is 0 Å². The highest BCUT2D eigenvalue weighted by atomic mass is 32.2. The maximum absolute atomic E-state index is 12.7. The molecule has 0 radical (unpaired) electrons. The van der Waals surface area contributed by atoms with Gasteiger partial charge in [-0.15, -0.1) is 11.8 Å². The number of fused-ring (bicyclic) bond motifs is 1. The predicted molar refractivity (Wildman–Crippen MR) is 83.1 cm³/mol. The van der Waals surface area contributed by atoms with Gasteiger partial charge in [0.1, 0.15) is 0 Å². The van der Waals surface area contributed by atoms with E-state index >= 15 is 0 Å². The van der Waals surface area contributed by atoms with Crippen molar-refractivity contribution in [2.45, 2.75) is 30.6 Å². The molecule has 0 N–H and O–H groups in total. The van der Waals surface area contributed by atoms with Gasteiger partial charge in [0.15, 0.2) is 0 Å². The van der Waals surface area contributed by atoms with Gasteiger partial charge in [0.05, 0.1) is 5.69 Å². The molecule has 0 aliphatic carbocycles. The highest BCUT2D eigenvalue weighted by Crippen LogP contribution is 2.28. The van der Waals surface area contributed by atoms with Gasteiger partial charge in [-0.05, 0) is 17.9 Å². The minimum Gasteiger partial charge on any atom is -0.294 e. The van der Waals surface area contributed by atoms with E-state index < -0.39 is 12.0 Å². The monoisotopic (exact) mass is 339 g/mol. The number of aromatic nitrogens is 2. The van der Waals surface area contributed by atoms with Crippen LogP contribution < -0.4 is 0 Å². The molecule has 0 fully saturated rings. The average Bonchev–Trinajstić information content (AvgIpc) is 2.54. The highest BCUT2D eigenvalue weighted by Gasteiger charge is 2.35. The first-order valence-electron chi connectivity index (χ1n) is 7.23. The summed E-state index contributed by atoms with van der Waals surface area (Å²) in [5.74, 6) is -1.04. The Morgan fingerprint density at radius 1 is 1.26 bits per heavy atom. The molecule has 0 atom stereocenters. The lowest BCUT2D eigenvalue weighted by molar-refractivity contribution is -0.145. The van der Waals surface area contributed by atoms with Crippen molar-refractivity contribution in [3.63, 3.8) is 0 Å². The van der Waals surface area contributed by atoms with Crippen molar-refractivity contribution >= 4 is 11.8 Å². The van der Waals surface area contributed by atoms with E-state index in [1.54, 1.807) is 11.8 Å². The molecule has 23 heavy (non-hydrogen) atoms. The molecule has 2 heterocycles. The van der Waals surface area contributed by atoms with Crippen molar-refractivity contribution in [3.05, 3.63) is 53.1 Å². The highest BCUT2D eigenvalue weighted by molar-refractivity contribution is 7.98. The summed E-state index contributed by atoms with van der Waals surface area (Å²) in [6.07, 6.45) is -0.611. The van der Waals surface area contributed by atoms with Gasteiger partial charge in [0, 0.05) is 42.7 Å². The Kier molecular flexibility index (Phi) is 4.59. The van der Waals surface area contributed by atoms with E-state index in [9.17, 15) is 13.2 Å². The number of hydrogen-bond acceptors (Lipinski definition) is 4. The number of thioether (sulfide) groups is 1. The van der Waals surface area contributed by atoms with E-state index in [0.29, 0.717) is 25.2 Å². The molecule has 0 spiro atoms. The molecule has 1 aromatic heterocycles. The number of benzene rings is 1. The third kappa shape index (κ3) is 3.67. The number of alkyl halides is 3. The quantitative estimate of drug-likeness (QED) is 0.796. The maximum atomic E-state index is 12.7. The van der Waals surface area contributed by atoms with Gasteiger partial charge in [-0.25, -0.2) is 9.97 Å². The lowest BCUT2D eigenvalue weighted by Crippen LogP contribution is -2.31. The van der Waals surface area contributed by atoms with Gasteiger partial charge in [-0.3, -0.25) is 4.90 Å². The first-order chi connectivity index (χ1) is 11.0. The van der Waals surface area contributed by atoms with Crippen LogP contribution in [0.15, 0.2) is 35.4 Å². The van der Waals surface area contributed by atoms with Gasteiger partial charge < -0.3 is 0 Å². The Balaban J connectivity index is 1.76. The molecule has 0 saturated heterocycles. The molecule has 3 nitrogen and oxygen atoms in total. The minimum absolute atomic E-state index is 0.515. The van der Waals surface area contributed by atoms with Gasteiger partial charge in [0.25, 0.3) is 0 Å². The SMILES string of the molecule is CSc1ccccc1CN1CCc2nc(C(F)(F)F)ncc2C1. The summed E-state index contributed by atoms with van der Waals surface area (Å²) in [6, 6.07) is 8.18. The van der Waals surface area contributed by atoms with E-state index in [1.165, 1.54) is 16.7 Å². The fourth-order valence-corrected chi connectivity index (χ4v) is 3.33. The zero-order valence-electron chi connectivity index (χ0n) is 12.6. The molecule has 7 heteroatoms. The van der Waals surface area contributed by atoms with Crippen LogP contribution in [0.2, 0.25) is 0 Å². The van der Waals surface area contributed by atoms with Crippen molar-refractivity contribution in [2.24, 2.45) is 0 Å². The minimum atomic E-state index is -4.48. The zero-order chi connectivity index (χ0) is 16.4. The van der Waals surface area contributed by atoms with Gasteiger partial charge >= 0.3 is 6.18 Å². The summed E-state index contributed by atoms with van der Waals surface area (Å²) in [4.78, 5) is 10.6. The summed E-state index contributed by atoms with van der Waals surface area (Å²) < 4.78 is 38.0. The Bertz CT molecular complexity index is 703. The van der Waals surface area contributed by atoms with E-state index in [0.717, 1.165) is 12.1 Å². The van der Waals surface area contributed by atoms with E-state index in [-0.39, 0.29) is 0 Å². The second kappa shape index (κ2) is 6.49. The van der Waals surface area contributed by atoms with Crippen molar-refractivity contribution in [1.82, 2.24) is 14.9 Å². The molecular formula is C16H16F3N3S. The largest absolute Gasteiger partial charge is 0.451 e. The summed E-state index contributed by atoms with van der Waals surface area (Å²) in [5, 5.41) is 0. The van der Waals surface area contributed by atoms with Gasteiger partial charge in [-0.1, -0.05) is 18.2 Å². The lowest BCUT2D eigenvalue weighted by Gasteiger charge is -2.28. The number of nitrogens with zero attached hydrogens (tertiary/aromatic N) is 3. The van der Waals surface area contributed by atoms with Crippen molar-refractivity contribution < 1.29 is 13.2 Å². The third-order valence-corrected chi connectivity index (χ3v) is 4.69. The second-order valence-electron chi connectivity index (χ2n) is 5.44. The van der Waals surface area contributed by atoms with E-state index in [2.05, 4.69) is 27.0 Å². The first kappa shape index (κ1) is 16.3. The van der Waals surface area contributed by atoms with Crippen LogP contribution in [0.5, 0.6) is 0 Å². The zero-order valence-corrected chi connectivity index (χ0v) is 13.4. The Hall–Kier alpha value is -1.60. The molecule has 0 bridgehead atoms. The molecule has 1 aliphatic heterocycles. The molecule has 1 aromatic carbocycles. The fourth-order valence-electron chi connectivity index (χ4n) is 2.72. The summed E-state index contributed by atoms with van der Waals surface area (Å²) >= 11 is 1.70. The van der Waals surface area contributed by atoms with Crippen LogP contribution in [0.25, 0.3) is 0 Å². The molecule has 122 valence electrons. The van der Waals surface area contributed by atoms with Crippen LogP contribution in [0.3, 0.4) is 0 Å². The first-order valence-corrected chi connectivity index (χ1v) is 8.46. The summed E-state index contributed by atoms with van der Waals surface area (Å²) in [6.45, 7) is 2.05. The Morgan fingerprint density at radius 2 is 2.04 bits per heavy atom. The van der Waals surface area contributed by atoms with E-state index in [4.69, 9.17) is 0 Å². The third-order valence-electron chi connectivity index (χ3n) is 3.85. The number of halogens is 3. The Morgan fingerprint density at radius 3 is 2.78 bits per heavy atom. The van der Waals surface area contributed by atoms with Crippen LogP contribution in [0.4, 0.5) is 13.2 Å². The van der Waals surface area contributed by atoms with Crippen LogP contribution >= 0.6 is 11.8 Å². The van der Waals surface area contributed by atoms with Crippen molar-refractivity contribution in [1.29, 1.82) is 0 Å². The molecule has 0 saturated carbocycles. The standard InChI is InChI=1S/C16H16F3N3S/c1-23-14-5-3-2-4-11(14)9-22-7-6-13-12(10-22)8-20-15(21-13)16(17,18)19/h2-5,8H,6-7,9-10H2,1H3. The van der Waals surface area contributed by atoms with Gasteiger partial charge in [-0.2, -0.15) is 13.2 Å². The number of rotatable bonds is 3. The second-order valence-corrected chi connectivity index (χ2v) is 6.28. The van der Waals surface area contributed by atoms with Crippen LogP contribution in [0.1, 0.15) is 22.6 Å². The van der Waals surface area contributed by atoms with E-state index in [1.807, 2.05) is 18.4 Å². The van der Waals surface area contributed by atoms with Crippen LogP contribution in [-0.4, -0.2) is 27.7 Å². The Labute approximate surface area is 136 Å². The fraction of sp³-hybridized carbons (Fsp3) is 0.375.